The SMILES string of the molecule is O[C@H]1CN(CCCN2CCCCC2)CC[C@]1(O)c1ccccc1. The summed E-state index contributed by atoms with van der Waals surface area (Å²) in [5, 5.41) is 21.4. The fourth-order valence-corrected chi connectivity index (χ4v) is 3.95. The van der Waals surface area contributed by atoms with Crippen LogP contribution in [-0.2, 0) is 5.60 Å². The third-order valence-electron chi connectivity index (χ3n) is 5.46. The molecule has 0 bridgehead atoms. The van der Waals surface area contributed by atoms with E-state index >= 15 is 0 Å². The molecule has 2 N–H and O–H groups in total. The van der Waals surface area contributed by atoms with E-state index in [1.807, 2.05) is 30.3 Å². The second-order valence-electron chi connectivity index (χ2n) is 7.11. The molecular formula is C19H30N2O2. The van der Waals surface area contributed by atoms with Crippen molar-refractivity contribution in [3.05, 3.63) is 35.9 Å². The average Bonchev–Trinajstić information content (AvgIpc) is 2.60. The predicted molar refractivity (Wildman–Crippen MR) is 92.3 cm³/mol. The lowest BCUT2D eigenvalue weighted by molar-refractivity contribution is -0.124. The first kappa shape index (κ1) is 16.9. The van der Waals surface area contributed by atoms with E-state index in [0.29, 0.717) is 13.0 Å². The summed E-state index contributed by atoms with van der Waals surface area (Å²) in [6.45, 7) is 6.08. The molecule has 2 aliphatic rings. The Labute approximate surface area is 139 Å². The predicted octanol–water partition coefficient (Wildman–Crippen LogP) is 1.82. The Balaban J connectivity index is 1.46. The molecular weight excluding hydrogens is 288 g/mol. The maximum absolute atomic E-state index is 10.9. The van der Waals surface area contributed by atoms with E-state index in [1.54, 1.807) is 0 Å². The largest absolute Gasteiger partial charge is 0.388 e. The van der Waals surface area contributed by atoms with Gasteiger partial charge in [0.2, 0.25) is 0 Å². The summed E-state index contributed by atoms with van der Waals surface area (Å²) in [6, 6.07) is 9.61. The zero-order valence-corrected chi connectivity index (χ0v) is 14.0. The summed E-state index contributed by atoms with van der Waals surface area (Å²) < 4.78 is 0. The van der Waals surface area contributed by atoms with E-state index in [0.717, 1.165) is 31.6 Å². The molecule has 3 rings (SSSR count). The molecule has 0 unspecified atom stereocenters. The van der Waals surface area contributed by atoms with Gasteiger partial charge in [-0.2, -0.15) is 0 Å². The van der Waals surface area contributed by atoms with Crippen molar-refractivity contribution >= 4 is 0 Å². The van der Waals surface area contributed by atoms with Gasteiger partial charge in [0, 0.05) is 13.1 Å². The highest BCUT2D eigenvalue weighted by Crippen LogP contribution is 2.33. The van der Waals surface area contributed by atoms with Crippen LogP contribution in [0.1, 0.15) is 37.7 Å². The van der Waals surface area contributed by atoms with Crippen LogP contribution in [0.3, 0.4) is 0 Å². The van der Waals surface area contributed by atoms with Gasteiger partial charge >= 0.3 is 0 Å². The fraction of sp³-hybridized carbons (Fsp3) is 0.684. The minimum Gasteiger partial charge on any atom is -0.388 e. The first-order chi connectivity index (χ1) is 11.2. The van der Waals surface area contributed by atoms with Crippen LogP contribution in [0, 0.1) is 0 Å². The quantitative estimate of drug-likeness (QED) is 0.869. The molecule has 2 atom stereocenters. The smallest absolute Gasteiger partial charge is 0.118 e. The monoisotopic (exact) mass is 318 g/mol. The number of likely N-dealkylation sites (tertiary alicyclic amines) is 2. The normalized spacial score (nSPS) is 30.4. The Kier molecular flexibility index (Phi) is 5.70. The van der Waals surface area contributed by atoms with Gasteiger partial charge in [-0.05, 0) is 57.4 Å². The van der Waals surface area contributed by atoms with Crippen LogP contribution < -0.4 is 0 Å². The van der Waals surface area contributed by atoms with E-state index in [-0.39, 0.29) is 0 Å². The molecule has 23 heavy (non-hydrogen) atoms. The van der Waals surface area contributed by atoms with Crippen LogP contribution in [0.2, 0.25) is 0 Å². The van der Waals surface area contributed by atoms with E-state index in [4.69, 9.17) is 0 Å². The zero-order chi connectivity index (χ0) is 16.1. The zero-order valence-electron chi connectivity index (χ0n) is 14.0. The Hall–Kier alpha value is -0.940. The third kappa shape index (κ3) is 4.13. The maximum atomic E-state index is 10.9. The Morgan fingerprint density at radius 3 is 2.35 bits per heavy atom. The molecule has 2 heterocycles. The number of β-amino-alcohol motifs (C(OH)–C–C–N with tert-alkyl or cyclic N) is 1. The van der Waals surface area contributed by atoms with Gasteiger partial charge in [-0.3, -0.25) is 0 Å². The highest BCUT2D eigenvalue weighted by molar-refractivity contribution is 5.24. The molecule has 1 aromatic rings. The number of nitrogens with zero attached hydrogens (tertiary/aromatic N) is 2. The lowest BCUT2D eigenvalue weighted by Gasteiger charge is -2.42. The van der Waals surface area contributed by atoms with Crippen LogP contribution in [0.15, 0.2) is 30.3 Å². The van der Waals surface area contributed by atoms with E-state index in [1.165, 1.54) is 32.4 Å². The van der Waals surface area contributed by atoms with Crippen molar-refractivity contribution < 1.29 is 10.2 Å². The summed E-state index contributed by atoms with van der Waals surface area (Å²) in [6.07, 6.45) is 5.10. The molecule has 0 saturated carbocycles. The van der Waals surface area contributed by atoms with Gasteiger partial charge in [-0.1, -0.05) is 36.8 Å². The topological polar surface area (TPSA) is 46.9 Å². The summed E-state index contributed by atoms with van der Waals surface area (Å²) >= 11 is 0. The van der Waals surface area contributed by atoms with Crippen LogP contribution in [0.5, 0.6) is 0 Å². The van der Waals surface area contributed by atoms with Gasteiger partial charge < -0.3 is 20.0 Å². The van der Waals surface area contributed by atoms with E-state index < -0.39 is 11.7 Å². The number of rotatable bonds is 5. The fourth-order valence-electron chi connectivity index (χ4n) is 3.95. The van der Waals surface area contributed by atoms with Gasteiger partial charge in [0.15, 0.2) is 0 Å². The summed E-state index contributed by atoms with van der Waals surface area (Å²) in [5.41, 5.74) is -0.259. The van der Waals surface area contributed by atoms with Gasteiger partial charge in [-0.15, -0.1) is 0 Å². The molecule has 0 aromatic heterocycles. The Morgan fingerprint density at radius 1 is 0.957 bits per heavy atom. The molecule has 4 heteroatoms. The second-order valence-corrected chi connectivity index (χ2v) is 7.11. The van der Waals surface area contributed by atoms with Gasteiger partial charge in [0.05, 0.1) is 6.10 Å². The number of benzene rings is 1. The van der Waals surface area contributed by atoms with Crippen molar-refractivity contribution in [1.29, 1.82) is 0 Å². The molecule has 2 saturated heterocycles. The van der Waals surface area contributed by atoms with Gasteiger partial charge in [0.1, 0.15) is 5.60 Å². The van der Waals surface area contributed by atoms with Crippen molar-refractivity contribution in [2.45, 2.75) is 43.8 Å². The summed E-state index contributed by atoms with van der Waals surface area (Å²) in [5.74, 6) is 0. The summed E-state index contributed by atoms with van der Waals surface area (Å²) in [4.78, 5) is 4.86. The van der Waals surface area contributed by atoms with Crippen molar-refractivity contribution in [2.75, 3.05) is 39.3 Å². The molecule has 0 amide bonds. The molecule has 0 aliphatic carbocycles. The Morgan fingerprint density at radius 2 is 1.65 bits per heavy atom. The van der Waals surface area contributed by atoms with Crippen LogP contribution >= 0.6 is 0 Å². The highest BCUT2D eigenvalue weighted by atomic mass is 16.3. The van der Waals surface area contributed by atoms with Crippen molar-refractivity contribution in [3.8, 4) is 0 Å². The first-order valence-corrected chi connectivity index (χ1v) is 9.09. The highest BCUT2D eigenvalue weighted by Gasteiger charge is 2.41. The molecule has 2 aliphatic heterocycles. The van der Waals surface area contributed by atoms with Crippen molar-refractivity contribution in [2.24, 2.45) is 0 Å². The van der Waals surface area contributed by atoms with Crippen LogP contribution in [-0.4, -0.2) is 65.4 Å². The maximum Gasteiger partial charge on any atom is 0.118 e. The number of hydrogen-bond acceptors (Lipinski definition) is 4. The van der Waals surface area contributed by atoms with Gasteiger partial charge in [0.25, 0.3) is 0 Å². The van der Waals surface area contributed by atoms with Crippen LogP contribution in [0.25, 0.3) is 0 Å². The molecule has 1 aromatic carbocycles. The molecule has 4 nitrogen and oxygen atoms in total. The summed E-state index contributed by atoms with van der Waals surface area (Å²) in [7, 11) is 0. The number of piperidine rings is 2. The minimum absolute atomic E-state index is 0.561. The number of hydrogen-bond donors (Lipinski definition) is 2. The molecule has 128 valence electrons. The molecule has 0 radical (unpaired) electrons. The molecule has 0 spiro atoms. The lowest BCUT2D eigenvalue weighted by Crippen LogP contribution is -2.53. The molecule has 2 fully saturated rings. The first-order valence-electron chi connectivity index (χ1n) is 9.09. The number of aliphatic hydroxyl groups excluding tert-OH is 1. The number of aliphatic hydroxyl groups is 2. The standard InChI is InChI=1S/C19H30N2O2/c22-18-16-21(14-7-13-20-11-5-2-6-12-20)15-10-19(18,23)17-8-3-1-4-9-17/h1,3-4,8-9,18,22-23H,2,5-7,10-16H2/t18-,19-/m0/s1. The second kappa shape index (κ2) is 7.75. The van der Waals surface area contributed by atoms with Crippen molar-refractivity contribution in [3.63, 3.8) is 0 Å². The van der Waals surface area contributed by atoms with Crippen molar-refractivity contribution in [1.82, 2.24) is 9.80 Å². The van der Waals surface area contributed by atoms with E-state index in [9.17, 15) is 10.2 Å². The third-order valence-corrected chi connectivity index (χ3v) is 5.46. The lowest BCUT2D eigenvalue weighted by atomic mass is 9.82. The van der Waals surface area contributed by atoms with Gasteiger partial charge in [-0.25, -0.2) is 0 Å². The average molecular weight is 318 g/mol. The van der Waals surface area contributed by atoms with E-state index in [2.05, 4.69) is 9.80 Å². The van der Waals surface area contributed by atoms with Crippen LogP contribution in [0.4, 0.5) is 0 Å². The minimum atomic E-state index is -1.09. The Bertz CT molecular complexity index is 476.